The summed E-state index contributed by atoms with van der Waals surface area (Å²) in [5.41, 5.74) is 5.69. The Bertz CT molecular complexity index is 2990. The van der Waals surface area contributed by atoms with Crippen molar-refractivity contribution in [1.29, 1.82) is 0 Å². The number of fused-ring (bicyclic) bond motifs is 2. The Labute approximate surface area is 308 Å². The van der Waals surface area contributed by atoms with E-state index in [4.69, 9.17) is 0 Å². The fourth-order valence-corrected chi connectivity index (χ4v) is 6.36. The highest BCUT2D eigenvalue weighted by atomic mass is 32.1. The van der Waals surface area contributed by atoms with Gasteiger partial charge in [0, 0.05) is 65.5 Å². The van der Waals surface area contributed by atoms with Gasteiger partial charge in [-0.3, -0.25) is 14.6 Å². The molecule has 17 heteroatoms. The van der Waals surface area contributed by atoms with Gasteiger partial charge in [-0.1, -0.05) is 23.5 Å². The minimum Gasteiger partial charge on any atom is -0.493 e. The molecular formula is C37H29N13O3S. The summed E-state index contributed by atoms with van der Waals surface area (Å²) in [5, 5.41) is 22.1. The smallest absolute Gasteiger partial charge is 0.307 e. The Morgan fingerprint density at radius 2 is 1.54 bits per heavy atom. The number of benzene rings is 2. The van der Waals surface area contributed by atoms with Crippen molar-refractivity contribution < 1.29 is 9.90 Å². The van der Waals surface area contributed by atoms with Gasteiger partial charge in [0.25, 0.3) is 0 Å². The topological polar surface area (TPSA) is 191 Å². The highest BCUT2D eigenvalue weighted by Crippen LogP contribution is 2.21. The molecule has 2 aromatic carbocycles. The molecule has 0 bridgehead atoms. The van der Waals surface area contributed by atoms with E-state index in [-0.39, 0.29) is 10.8 Å². The fourth-order valence-electron chi connectivity index (χ4n) is 5.68. The molecule has 0 unspecified atom stereocenters. The molecule has 0 aliphatic rings. The van der Waals surface area contributed by atoms with Gasteiger partial charge in [-0.15, -0.1) is 0 Å². The zero-order valence-electron chi connectivity index (χ0n) is 28.6. The van der Waals surface area contributed by atoms with Crippen LogP contribution in [0.5, 0.6) is 5.88 Å². The molecule has 0 aliphatic heterocycles. The largest absolute Gasteiger partial charge is 0.493 e. The van der Waals surface area contributed by atoms with Gasteiger partial charge in [0.2, 0.25) is 5.88 Å². The van der Waals surface area contributed by atoms with Crippen molar-refractivity contribution in [3.8, 4) is 17.3 Å². The van der Waals surface area contributed by atoms with E-state index in [0.29, 0.717) is 38.3 Å². The second-order valence-corrected chi connectivity index (χ2v) is 12.8. The van der Waals surface area contributed by atoms with Gasteiger partial charge < -0.3 is 19.6 Å². The van der Waals surface area contributed by atoms with Crippen LogP contribution in [0.3, 0.4) is 0 Å². The Hall–Kier alpha value is -7.53. The first-order valence-electron chi connectivity index (χ1n) is 16.4. The summed E-state index contributed by atoms with van der Waals surface area (Å²) >= 11 is 0.917. The normalized spacial score (nSPS) is 12.0. The van der Waals surface area contributed by atoms with Crippen molar-refractivity contribution in [2.45, 2.75) is 13.8 Å². The summed E-state index contributed by atoms with van der Waals surface area (Å²) < 4.78 is 7.17. The second-order valence-electron chi connectivity index (χ2n) is 11.8. The van der Waals surface area contributed by atoms with E-state index in [2.05, 4.69) is 45.4 Å². The maximum atomic E-state index is 11.4. The maximum absolute atomic E-state index is 11.4. The molecular weight excluding hydrogens is 707 g/mol. The van der Waals surface area contributed by atoms with Crippen molar-refractivity contribution in [3.63, 3.8) is 0 Å². The predicted molar refractivity (Wildman–Crippen MR) is 202 cm³/mol. The molecule has 9 aromatic rings. The third-order valence-electron chi connectivity index (χ3n) is 8.25. The molecule has 9 rings (SSSR count). The number of hydrogen-bond acceptors (Lipinski definition) is 12. The standard InChI is InChI=1S/C20H15N7O2S.C17H14N6O/c1-12-21-6-8-26(12)15-4-2-3-14(10-15)23-17-5-7-27-18(24-17)13(11-22-27)9-16-19(28)25-20(29)30-16;1-12-18-6-8-22(12)15-4-2-3-14(9-15)20-16-5-7-23-17(21-16)13(11-24)10-19-23/h2-11,28H,1H3,(H,25,29);2-11H,1H3,(H,20,21). The number of anilines is 2. The van der Waals surface area contributed by atoms with Crippen LogP contribution in [-0.2, 0) is 0 Å². The molecule has 7 heterocycles. The first-order chi connectivity index (χ1) is 26.3. The van der Waals surface area contributed by atoms with Gasteiger partial charge in [-0.05, 0) is 62.4 Å². The molecule has 0 spiro atoms. The van der Waals surface area contributed by atoms with Gasteiger partial charge in [0.15, 0.2) is 23.1 Å². The number of aromatic nitrogens is 11. The summed E-state index contributed by atoms with van der Waals surface area (Å²) in [4.78, 5) is 47.1. The Kier molecular flexibility index (Phi) is 8.86. The summed E-state index contributed by atoms with van der Waals surface area (Å²) in [5.74, 6) is 2.28. The zero-order valence-corrected chi connectivity index (χ0v) is 29.5. The third-order valence-corrected chi connectivity index (χ3v) is 9.07. The molecule has 3 N–H and O–H groups in total. The average Bonchev–Trinajstić information content (AvgIpc) is 4.02. The molecule has 0 amide bonds. The van der Waals surface area contributed by atoms with Gasteiger partial charge in [0.1, 0.15) is 17.5 Å². The summed E-state index contributed by atoms with van der Waals surface area (Å²) in [6.45, 7) is 3.89. The Morgan fingerprint density at radius 3 is 2.24 bits per heavy atom. The van der Waals surface area contributed by atoms with Crippen LogP contribution in [0, 0.1) is 13.8 Å². The van der Waals surface area contributed by atoms with Crippen LogP contribution in [0.25, 0.3) is 28.7 Å². The predicted octanol–water partition coefficient (Wildman–Crippen LogP) is 4.24. The number of nitrogens with one attached hydrogen (secondary N) is 2. The van der Waals surface area contributed by atoms with E-state index in [1.807, 2.05) is 90.0 Å². The lowest BCUT2D eigenvalue weighted by Gasteiger charge is -2.09. The molecule has 0 atom stereocenters. The number of carbonyl (C=O) groups excluding carboxylic acids is 1. The fraction of sp³-hybridized carbons (Fsp3) is 0.0541. The monoisotopic (exact) mass is 735 g/mol. The molecule has 0 fully saturated rings. The van der Waals surface area contributed by atoms with Crippen molar-refractivity contribution in [2.75, 3.05) is 5.32 Å². The van der Waals surface area contributed by atoms with Crippen LogP contribution < -0.4 is 20.9 Å². The number of carbonyl (C=O) groups is 1. The number of aryl methyl sites for hydroxylation is 2. The van der Waals surface area contributed by atoms with E-state index < -0.39 is 0 Å². The zero-order chi connectivity index (χ0) is 37.2. The molecule has 16 nitrogen and oxygen atoms in total. The summed E-state index contributed by atoms with van der Waals surface area (Å²) in [7, 11) is 0. The number of thiazole rings is 1. The van der Waals surface area contributed by atoms with Gasteiger partial charge in [-0.25, -0.2) is 34.0 Å². The minimum absolute atomic E-state index is 0.170. The number of aromatic amines is 1. The minimum atomic E-state index is -0.327. The molecule has 0 saturated carbocycles. The number of aldehydes is 1. The van der Waals surface area contributed by atoms with Crippen LogP contribution in [-0.4, -0.2) is 64.7 Å². The number of aromatic hydroxyl groups is 1. The molecule has 7 aromatic heterocycles. The molecule has 0 radical (unpaired) electrons. The van der Waals surface area contributed by atoms with Crippen LogP contribution >= 0.6 is 11.3 Å². The number of nitrogens with zero attached hydrogens (tertiary/aromatic N) is 11. The van der Waals surface area contributed by atoms with E-state index in [1.54, 1.807) is 52.2 Å². The van der Waals surface area contributed by atoms with Gasteiger partial charge in [-0.2, -0.15) is 10.2 Å². The average molecular weight is 736 g/mol. The molecule has 54 heavy (non-hydrogen) atoms. The van der Waals surface area contributed by atoms with Crippen molar-refractivity contribution in [2.24, 2.45) is 4.99 Å². The summed E-state index contributed by atoms with van der Waals surface area (Å²) in [6.07, 6.45) is 16.4. The number of imidazole rings is 2. The first kappa shape index (κ1) is 33.6. The van der Waals surface area contributed by atoms with Crippen LogP contribution in [0.2, 0.25) is 0 Å². The van der Waals surface area contributed by atoms with Crippen LogP contribution in [0.15, 0.2) is 120 Å². The number of rotatable bonds is 7. The highest BCUT2D eigenvalue weighted by molar-refractivity contribution is 7.10. The second kappa shape index (κ2) is 14.2. The molecule has 266 valence electrons. The molecule has 0 aliphatic carbocycles. The quantitative estimate of drug-likeness (QED) is 0.200. The van der Waals surface area contributed by atoms with Gasteiger partial charge in [0.05, 0.1) is 28.5 Å². The lowest BCUT2D eigenvalue weighted by atomic mass is 10.2. The van der Waals surface area contributed by atoms with Crippen LogP contribution in [0.4, 0.5) is 17.2 Å². The third kappa shape index (κ3) is 6.89. The van der Waals surface area contributed by atoms with Crippen molar-refractivity contribution >= 4 is 52.2 Å². The Morgan fingerprint density at radius 1 is 0.833 bits per heavy atom. The molecule has 0 saturated heterocycles. The maximum Gasteiger partial charge on any atom is 0.307 e. The van der Waals surface area contributed by atoms with E-state index >= 15 is 0 Å². The van der Waals surface area contributed by atoms with Crippen LogP contribution in [0.1, 0.15) is 26.9 Å². The number of H-pyrrole nitrogens is 1. The highest BCUT2D eigenvalue weighted by Gasteiger charge is 2.08. The van der Waals surface area contributed by atoms with Crippen molar-refractivity contribution in [3.05, 3.63) is 153 Å². The van der Waals surface area contributed by atoms with E-state index in [0.717, 1.165) is 52.0 Å². The first-order valence-corrected chi connectivity index (χ1v) is 17.2. The van der Waals surface area contributed by atoms with Crippen molar-refractivity contribution in [1.82, 2.24) is 53.3 Å². The van der Waals surface area contributed by atoms with E-state index in [9.17, 15) is 14.7 Å². The van der Waals surface area contributed by atoms with E-state index in [1.165, 1.54) is 6.20 Å². The van der Waals surface area contributed by atoms with Gasteiger partial charge >= 0.3 is 4.87 Å². The number of hydrogen-bond donors (Lipinski definition) is 3. The SMILES string of the molecule is Cc1nccn1-c1cccc(N=c2ccn3ncc(=Cc4sc(=O)[nH]c4O)c3n2)c1.Cc1nccn1-c1cccc(Nc2ccn3ncc(C=O)c3n2)c1. The lowest BCUT2D eigenvalue weighted by molar-refractivity contribution is 0.112. The lowest BCUT2D eigenvalue weighted by Crippen LogP contribution is -2.12. The Balaban J connectivity index is 0.000000157. The summed E-state index contributed by atoms with van der Waals surface area (Å²) in [6, 6.07) is 19.3.